The summed E-state index contributed by atoms with van der Waals surface area (Å²) >= 11 is 0. The topological polar surface area (TPSA) is 58.7 Å². The maximum Gasteiger partial charge on any atom is 0.160 e. The quantitative estimate of drug-likeness (QED) is 0.929. The lowest BCUT2D eigenvalue weighted by Gasteiger charge is -2.28. The predicted octanol–water partition coefficient (Wildman–Crippen LogP) is 3.81. The highest BCUT2D eigenvalue weighted by Crippen LogP contribution is 2.33. The third kappa shape index (κ3) is 3.67. The lowest BCUT2D eigenvalue weighted by Crippen LogP contribution is -2.28. The van der Waals surface area contributed by atoms with Gasteiger partial charge in [-0.25, -0.2) is 0 Å². The van der Waals surface area contributed by atoms with Gasteiger partial charge in [-0.1, -0.05) is 24.1 Å². The third-order valence-electron chi connectivity index (χ3n) is 4.48. The molecule has 0 saturated carbocycles. The summed E-state index contributed by atoms with van der Waals surface area (Å²) < 4.78 is 10.4. The fraction of sp³-hybridized carbons (Fsp3) is 0.500. The predicted molar refractivity (Wildman–Crippen MR) is 87.5 cm³/mol. The number of nitrogens with zero attached hydrogens (tertiary/aromatic N) is 2. The number of ether oxygens (including phenoxy) is 1. The molecule has 2 heterocycles. The van der Waals surface area contributed by atoms with E-state index in [2.05, 4.69) is 10.1 Å². The van der Waals surface area contributed by atoms with Crippen LogP contribution in [-0.2, 0) is 6.54 Å². The molecule has 1 aromatic carbocycles. The Morgan fingerprint density at radius 3 is 2.87 bits per heavy atom. The molecule has 2 aromatic rings. The number of aryl methyl sites for hydroxylation is 1. The first-order valence-electron chi connectivity index (χ1n) is 8.20. The van der Waals surface area contributed by atoms with Crippen LogP contribution in [0, 0.1) is 6.92 Å². The largest absolute Gasteiger partial charge is 0.504 e. The Bertz CT molecular complexity index is 653. The minimum absolute atomic E-state index is 0.189. The number of hydrogen-bond acceptors (Lipinski definition) is 5. The van der Waals surface area contributed by atoms with Gasteiger partial charge in [-0.2, -0.15) is 0 Å². The van der Waals surface area contributed by atoms with E-state index in [1.54, 1.807) is 13.2 Å². The molecule has 3 rings (SSSR count). The second kappa shape index (κ2) is 7.04. The number of methoxy groups -OCH3 is 1. The number of aromatic hydroxyl groups is 1. The van der Waals surface area contributed by atoms with E-state index in [0.29, 0.717) is 5.75 Å². The summed E-state index contributed by atoms with van der Waals surface area (Å²) in [7, 11) is 1.56. The van der Waals surface area contributed by atoms with Gasteiger partial charge in [0.2, 0.25) is 0 Å². The highest BCUT2D eigenvalue weighted by Gasteiger charge is 2.25. The first-order valence-corrected chi connectivity index (χ1v) is 8.20. The second-order valence-corrected chi connectivity index (χ2v) is 6.20. The smallest absolute Gasteiger partial charge is 0.160 e. The lowest BCUT2D eigenvalue weighted by molar-refractivity contribution is 0.183. The van der Waals surface area contributed by atoms with Crippen molar-refractivity contribution in [1.29, 1.82) is 0 Å². The minimum atomic E-state index is 0.189. The lowest BCUT2D eigenvalue weighted by atomic mass is 10.1. The summed E-state index contributed by atoms with van der Waals surface area (Å²) in [5, 5.41) is 14.2. The Morgan fingerprint density at radius 2 is 2.17 bits per heavy atom. The van der Waals surface area contributed by atoms with Crippen molar-refractivity contribution >= 4 is 0 Å². The molecule has 0 bridgehead atoms. The molecule has 1 atom stereocenters. The van der Waals surface area contributed by atoms with Crippen molar-refractivity contribution in [2.75, 3.05) is 13.7 Å². The summed E-state index contributed by atoms with van der Waals surface area (Å²) in [6, 6.07) is 7.93. The molecule has 1 aliphatic rings. The van der Waals surface area contributed by atoms with Crippen molar-refractivity contribution in [3.8, 4) is 11.5 Å². The number of aromatic nitrogens is 1. The molecule has 0 radical (unpaired) electrons. The average Bonchev–Trinajstić information content (AvgIpc) is 2.83. The Morgan fingerprint density at radius 1 is 1.30 bits per heavy atom. The van der Waals surface area contributed by atoms with Gasteiger partial charge in [-0.15, -0.1) is 0 Å². The standard InChI is InChI=1S/C18H24N2O3/c1-13-10-15(19-23-13)16-6-4-3-5-9-20(16)12-14-7-8-18(22-2)17(21)11-14/h7-8,10-11,16,21H,3-6,9,12H2,1-2H3. The molecule has 23 heavy (non-hydrogen) atoms. The van der Waals surface area contributed by atoms with E-state index in [1.807, 2.05) is 25.1 Å². The highest BCUT2D eigenvalue weighted by molar-refractivity contribution is 5.41. The third-order valence-corrected chi connectivity index (χ3v) is 4.48. The van der Waals surface area contributed by atoms with Crippen LogP contribution in [0.5, 0.6) is 11.5 Å². The van der Waals surface area contributed by atoms with Crippen LogP contribution in [0.1, 0.15) is 48.7 Å². The summed E-state index contributed by atoms with van der Waals surface area (Å²) in [5.74, 6) is 1.55. The fourth-order valence-corrected chi connectivity index (χ4v) is 3.30. The molecule has 1 aromatic heterocycles. The molecular weight excluding hydrogens is 292 g/mol. The Kier molecular flexibility index (Phi) is 4.86. The molecule has 5 heteroatoms. The van der Waals surface area contributed by atoms with Gasteiger partial charge in [0.15, 0.2) is 11.5 Å². The maximum atomic E-state index is 9.99. The fourth-order valence-electron chi connectivity index (χ4n) is 3.30. The molecule has 5 nitrogen and oxygen atoms in total. The Labute approximate surface area is 136 Å². The molecule has 1 aliphatic heterocycles. The number of likely N-dealkylation sites (tertiary alicyclic amines) is 1. The molecule has 0 amide bonds. The van der Waals surface area contributed by atoms with Crippen molar-refractivity contribution in [2.24, 2.45) is 0 Å². The SMILES string of the molecule is COc1ccc(CN2CCCCCC2c2cc(C)on2)cc1O. The maximum absolute atomic E-state index is 9.99. The van der Waals surface area contributed by atoms with Crippen molar-refractivity contribution in [3.63, 3.8) is 0 Å². The van der Waals surface area contributed by atoms with Crippen LogP contribution in [0.15, 0.2) is 28.8 Å². The van der Waals surface area contributed by atoms with Gasteiger partial charge in [0.25, 0.3) is 0 Å². The van der Waals surface area contributed by atoms with Gasteiger partial charge in [0.05, 0.1) is 13.2 Å². The van der Waals surface area contributed by atoms with Gasteiger partial charge < -0.3 is 14.4 Å². The molecule has 0 aliphatic carbocycles. The van der Waals surface area contributed by atoms with Crippen LogP contribution < -0.4 is 4.74 Å². The number of rotatable bonds is 4. The number of phenols is 1. The van der Waals surface area contributed by atoms with E-state index in [1.165, 1.54) is 19.3 Å². The number of benzene rings is 1. The normalized spacial score (nSPS) is 19.5. The molecule has 1 N–H and O–H groups in total. The van der Waals surface area contributed by atoms with Crippen molar-refractivity contribution < 1.29 is 14.4 Å². The van der Waals surface area contributed by atoms with E-state index in [0.717, 1.165) is 36.5 Å². The van der Waals surface area contributed by atoms with Crippen molar-refractivity contribution in [1.82, 2.24) is 10.1 Å². The number of phenolic OH excluding ortho intramolecular Hbond substituents is 1. The molecule has 1 unspecified atom stereocenters. The van der Waals surface area contributed by atoms with Gasteiger partial charge in [0.1, 0.15) is 11.5 Å². The van der Waals surface area contributed by atoms with Crippen LogP contribution in [0.3, 0.4) is 0 Å². The monoisotopic (exact) mass is 316 g/mol. The molecule has 1 saturated heterocycles. The van der Waals surface area contributed by atoms with E-state index >= 15 is 0 Å². The van der Waals surface area contributed by atoms with Gasteiger partial charge in [-0.3, -0.25) is 4.90 Å². The zero-order valence-electron chi connectivity index (χ0n) is 13.8. The van der Waals surface area contributed by atoms with Crippen LogP contribution >= 0.6 is 0 Å². The first kappa shape index (κ1) is 15.9. The molecular formula is C18H24N2O3. The average molecular weight is 316 g/mol. The van der Waals surface area contributed by atoms with Gasteiger partial charge in [-0.05, 0) is 44.0 Å². The summed E-state index contributed by atoms with van der Waals surface area (Å²) in [5.41, 5.74) is 2.09. The molecule has 0 spiro atoms. The van der Waals surface area contributed by atoms with Crippen molar-refractivity contribution in [3.05, 3.63) is 41.3 Å². The van der Waals surface area contributed by atoms with Crippen LogP contribution in [-0.4, -0.2) is 28.8 Å². The van der Waals surface area contributed by atoms with E-state index in [-0.39, 0.29) is 11.8 Å². The summed E-state index contributed by atoms with van der Waals surface area (Å²) in [4.78, 5) is 2.44. The van der Waals surface area contributed by atoms with E-state index < -0.39 is 0 Å². The Balaban J connectivity index is 1.81. The van der Waals surface area contributed by atoms with Gasteiger partial charge >= 0.3 is 0 Å². The van der Waals surface area contributed by atoms with Crippen LogP contribution in [0.25, 0.3) is 0 Å². The molecule has 1 fully saturated rings. The van der Waals surface area contributed by atoms with Crippen molar-refractivity contribution in [2.45, 2.75) is 45.2 Å². The molecule has 124 valence electrons. The Hall–Kier alpha value is -2.01. The van der Waals surface area contributed by atoms with E-state index in [9.17, 15) is 5.11 Å². The zero-order valence-corrected chi connectivity index (χ0v) is 13.8. The van der Waals surface area contributed by atoms with E-state index in [4.69, 9.17) is 9.26 Å². The van der Waals surface area contributed by atoms with Gasteiger partial charge in [0, 0.05) is 12.6 Å². The first-order chi connectivity index (χ1) is 11.2. The number of hydrogen-bond donors (Lipinski definition) is 1. The minimum Gasteiger partial charge on any atom is -0.504 e. The second-order valence-electron chi connectivity index (χ2n) is 6.20. The van der Waals surface area contributed by atoms with Crippen LogP contribution in [0.4, 0.5) is 0 Å². The summed E-state index contributed by atoms with van der Waals surface area (Å²) in [6.45, 7) is 3.75. The zero-order chi connectivity index (χ0) is 16.2. The highest BCUT2D eigenvalue weighted by atomic mass is 16.5. The summed E-state index contributed by atoms with van der Waals surface area (Å²) in [6.07, 6.45) is 4.74. The van der Waals surface area contributed by atoms with Crippen LogP contribution in [0.2, 0.25) is 0 Å².